The van der Waals surface area contributed by atoms with Gasteiger partial charge in [0.15, 0.2) is 0 Å². The predicted molar refractivity (Wildman–Crippen MR) is 93.2 cm³/mol. The summed E-state index contributed by atoms with van der Waals surface area (Å²) in [7, 11) is 8.36. The Hall–Kier alpha value is -0.910. The predicted octanol–water partition coefficient (Wildman–Crippen LogP) is 1.70. The Morgan fingerprint density at radius 2 is 1.45 bits per heavy atom. The zero-order valence-electron chi connectivity index (χ0n) is 15.4. The summed E-state index contributed by atoms with van der Waals surface area (Å²) in [6.07, 6.45) is 2.13. The van der Waals surface area contributed by atoms with Crippen LogP contribution in [0.1, 0.15) is 26.7 Å². The highest BCUT2D eigenvalue weighted by Gasteiger charge is 2.14. The van der Waals surface area contributed by atoms with Gasteiger partial charge in [0, 0.05) is 12.1 Å². The molecule has 0 aromatic rings. The van der Waals surface area contributed by atoms with Crippen molar-refractivity contribution in [2.75, 3.05) is 60.9 Å². The van der Waals surface area contributed by atoms with Crippen LogP contribution < -0.4 is 0 Å². The minimum atomic E-state index is -0.297. The van der Waals surface area contributed by atoms with Gasteiger partial charge in [-0.05, 0) is 81.1 Å². The Morgan fingerprint density at radius 1 is 1.00 bits per heavy atom. The number of carbonyl (C=O) groups is 1. The second-order valence-corrected chi connectivity index (χ2v) is 6.61. The van der Waals surface area contributed by atoms with Gasteiger partial charge in [-0.1, -0.05) is 6.58 Å². The quantitative estimate of drug-likeness (QED) is 0.405. The van der Waals surface area contributed by atoms with Crippen LogP contribution in [0.5, 0.6) is 0 Å². The third-order valence-corrected chi connectivity index (χ3v) is 3.33. The standard InChI is InChI=1S/C17H35N3O2/c1-15(2)17(21)22-16(3)14-20(12-8-10-18(4)5)13-9-11-19(6)7/h16H,1,8-14H2,2-7H3. The molecule has 1 atom stereocenters. The molecule has 0 bridgehead atoms. The minimum absolute atomic E-state index is 0.108. The third-order valence-electron chi connectivity index (χ3n) is 3.33. The Bertz CT molecular complexity index is 316. The Morgan fingerprint density at radius 3 is 1.82 bits per heavy atom. The average Bonchev–Trinajstić information content (AvgIpc) is 2.37. The molecule has 0 amide bonds. The molecule has 0 N–H and O–H groups in total. The average molecular weight is 313 g/mol. The fourth-order valence-electron chi connectivity index (χ4n) is 2.20. The molecule has 22 heavy (non-hydrogen) atoms. The van der Waals surface area contributed by atoms with Crippen molar-refractivity contribution in [3.8, 4) is 0 Å². The van der Waals surface area contributed by atoms with Gasteiger partial charge in [-0.3, -0.25) is 4.90 Å². The monoisotopic (exact) mass is 313 g/mol. The molecule has 0 radical (unpaired) electrons. The molecule has 0 heterocycles. The van der Waals surface area contributed by atoms with Crippen LogP contribution in [0.4, 0.5) is 0 Å². The summed E-state index contributed by atoms with van der Waals surface area (Å²) < 4.78 is 5.40. The zero-order valence-corrected chi connectivity index (χ0v) is 15.4. The van der Waals surface area contributed by atoms with Crippen molar-refractivity contribution in [2.24, 2.45) is 0 Å². The summed E-state index contributed by atoms with van der Waals surface area (Å²) in [5.74, 6) is -0.297. The van der Waals surface area contributed by atoms with Gasteiger partial charge < -0.3 is 14.5 Å². The molecule has 5 nitrogen and oxygen atoms in total. The molecule has 130 valence electrons. The SMILES string of the molecule is C=C(C)C(=O)OC(C)CN(CCCN(C)C)CCCN(C)C. The molecule has 0 saturated heterocycles. The van der Waals surface area contributed by atoms with E-state index in [9.17, 15) is 4.79 Å². The lowest BCUT2D eigenvalue weighted by molar-refractivity contribution is -0.144. The molecule has 0 aromatic heterocycles. The van der Waals surface area contributed by atoms with Crippen LogP contribution >= 0.6 is 0 Å². The first-order valence-electron chi connectivity index (χ1n) is 8.10. The molecule has 0 rings (SSSR count). The maximum atomic E-state index is 11.6. The van der Waals surface area contributed by atoms with Crippen LogP contribution in [-0.4, -0.2) is 87.7 Å². The van der Waals surface area contributed by atoms with E-state index in [1.54, 1.807) is 6.92 Å². The number of hydrogen-bond acceptors (Lipinski definition) is 5. The molecule has 0 spiro atoms. The fraction of sp³-hybridized carbons (Fsp3) is 0.824. The van der Waals surface area contributed by atoms with E-state index in [-0.39, 0.29) is 12.1 Å². The number of nitrogens with zero attached hydrogens (tertiary/aromatic N) is 3. The Labute approximate surface area is 136 Å². The van der Waals surface area contributed by atoms with Crippen molar-refractivity contribution in [1.29, 1.82) is 0 Å². The van der Waals surface area contributed by atoms with E-state index >= 15 is 0 Å². The summed E-state index contributed by atoms with van der Waals surface area (Å²) in [6.45, 7) is 12.2. The van der Waals surface area contributed by atoms with Crippen molar-refractivity contribution >= 4 is 5.97 Å². The molecule has 0 aliphatic heterocycles. The smallest absolute Gasteiger partial charge is 0.333 e. The second-order valence-electron chi connectivity index (χ2n) is 6.61. The van der Waals surface area contributed by atoms with E-state index in [0.717, 1.165) is 45.6 Å². The summed E-state index contributed by atoms with van der Waals surface area (Å²) in [6, 6.07) is 0. The number of rotatable bonds is 12. The molecular weight excluding hydrogens is 278 g/mol. The number of ether oxygens (including phenoxy) is 1. The number of carbonyl (C=O) groups excluding carboxylic acids is 1. The highest BCUT2D eigenvalue weighted by Crippen LogP contribution is 2.04. The molecule has 0 saturated carbocycles. The van der Waals surface area contributed by atoms with Gasteiger partial charge in [-0.25, -0.2) is 4.79 Å². The molecule has 0 aromatic carbocycles. The van der Waals surface area contributed by atoms with Gasteiger partial charge in [0.25, 0.3) is 0 Å². The lowest BCUT2D eigenvalue weighted by atomic mass is 10.2. The lowest BCUT2D eigenvalue weighted by Gasteiger charge is -2.26. The van der Waals surface area contributed by atoms with Crippen LogP contribution in [0.15, 0.2) is 12.2 Å². The maximum absolute atomic E-state index is 11.6. The van der Waals surface area contributed by atoms with Crippen LogP contribution in [0.25, 0.3) is 0 Å². The summed E-state index contributed by atoms with van der Waals surface area (Å²) in [5.41, 5.74) is 0.457. The van der Waals surface area contributed by atoms with Gasteiger partial charge in [0.05, 0.1) is 0 Å². The van der Waals surface area contributed by atoms with E-state index in [2.05, 4.69) is 49.5 Å². The molecule has 0 aliphatic rings. The van der Waals surface area contributed by atoms with Gasteiger partial charge in [-0.15, -0.1) is 0 Å². The van der Waals surface area contributed by atoms with E-state index < -0.39 is 0 Å². The molecule has 0 aliphatic carbocycles. The minimum Gasteiger partial charge on any atom is -0.458 e. The van der Waals surface area contributed by atoms with Crippen LogP contribution in [0.2, 0.25) is 0 Å². The van der Waals surface area contributed by atoms with Gasteiger partial charge in [0.2, 0.25) is 0 Å². The fourth-order valence-corrected chi connectivity index (χ4v) is 2.20. The first-order chi connectivity index (χ1) is 10.2. The number of esters is 1. The van der Waals surface area contributed by atoms with E-state index in [1.165, 1.54) is 0 Å². The maximum Gasteiger partial charge on any atom is 0.333 e. The van der Waals surface area contributed by atoms with Crippen LogP contribution in [-0.2, 0) is 9.53 Å². The van der Waals surface area contributed by atoms with Crippen molar-refractivity contribution < 1.29 is 9.53 Å². The van der Waals surface area contributed by atoms with E-state index in [1.807, 2.05) is 6.92 Å². The second kappa shape index (κ2) is 11.6. The lowest BCUT2D eigenvalue weighted by Crippen LogP contribution is -2.37. The van der Waals surface area contributed by atoms with Crippen LogP contribution in [0.3, 0.4) is 0 Å². The van der Waals surface area contributed by atoms with Crippen LogP contribution in [0, 0.1) is 0 Å². The highest BCUT2D eigenvalue weighted by molar-refractivity contribution is 5.87. The topological polar surface area (TPSA) is 36.0 Å². The molecule has 1 unspecified atom stereocenters. The Kier molecular flexibility index (Phi) is 11.1. The van der Waals surface area contributed by atoms with Crippen molar-refractivity contribution in [1.82, 2.24) is 14.7 Å². The normalized spacial score (nSPS) is 13.0. The van der Waals surface area contributed by atoms with Crippen molar-refractivity contribution in [2.45, 2.75) is 32.8 Å². The Balaban J connectivity index is 4.29. The van der Waals surface area contributed by atoms with Gasteiger partial charge in [-0.2, -0.15) is 0 Å². The summed E-state index contributed by atoms with van der Waals surface area (Å²) in [5, 5.41) is 0. The third kappa shape index (κ3) is 11.7. The molecular formula is C17H35N3O2. The molecule has 5 heteroatoms. The van der Waals surface area contributed by atoms with Crippen molar-refractivity contribution in [3.05, 3.63) is 12.2 Å². The first-order valence-corrected chi connectivity index (χ1v) is 8.10. The van der Waals surface area contributed by atoms with E-state index in [0.29, 0.717) is 5.57 Å². The summed E-state index contributed by atoms with van der Waals surface area (Å²) >= 11 is 0. The highest BCUT2D eigenvalue weighted by atomic mass is 16.5. The van der Waals surface area contributed by atoms with E-state index in [4.69, 9.17) is 4.74 Å². The molecule has 0 fully saturated rings. The number of hydrogen-bond donors (Lipinski definition) is 0. The van der Waals surface area contributed by atoms with Crippen molar-refractivity contribution in [3.63, 3.8) is 0 Å². The van der Waals surface area contributed by atoms with Gasteiger partial charge in [0.1, 0.15) is 6.10 Å². The van der Waals surface area contributed by atoms with Gasteiger partial charge >= 0.3 is 5.97 Å². The zero-order chi connectivity index (χ0) is 17.1. The first kappa shape index (κ1) is 21.1. The largest absolute Gasteiger partial charge is 0.458 e. The summed E-state index contributed by atoms with van der Waals surface area (Å²) in [4.78, 5) is 18.4.